The van der Waals surface area contributed by atoms with E-state index in [1.165, 1.54) is 6.26 Å². The zero-order valence-electron chi connectivity index (χ0n) is 8.29. The van der Waals surface area contributed by atoms with Gasteiger partial charge in [-0.25, -0.2) is 13.1 Å². The highest BCUT2D eigenvalue weighted by Gasteiger charge is 2.08. The smallest absolute Gasteiger partial charge is 0.208 e. The van der Waals surface area contributed by atoms with Crippen molar-refractivity contribution in [2.75, 3.05) is 6.26 Å². The summed E-state index contributed by atoms with van der Waals surface area (Å²) in [4.78, 5) is 0. The van der Waals surface area contributed by atoms with Crippen LogP contribution in [0.15, 0.2) is 0 Å². The summed E-state index contributed by atoms with van der Waals surface area (Å²) in [5.74, 6) is 0.633. The number of hydrogen-bond acceptors (Lipinski definition) is 2. The zero-order chi connectivity index (χ0) is 9.78. The molecule has 0 fully saturated rings. The molecular weight excluding hydrogens is 174 g/mol. The predicted molar refractivity (Wildman–Crippen MR) is 51.5 cm³/mol. The normalized spacial score (nSPS) is 15.1. The molecule has 1 N–H and O–H groups in total. The molecule has 0 aromatic carbocycles. The molecular formula is C8H19NO2S. The van der Waals surface area contributed by atoms with Crippen LogP contribution in [-0.4, -0.2) is 20.7 Å². The van der Waals surface area contributed by atoms with Crippen molar-refractivity contribution in [3.8, 4) is 0 Å². The molecule has 0 aliphatic carbocycles. The van der Waals surface area contributed by atoms with Crippen LogP contribution < -0.4 is 4.72 Å². The van der Waals surface area contributed by atoms with Crippen molar-refractivity contribution < 1.29 is 8.42 Å². The molecule has 1 unspecified atom stereocenters. The Balaban J connectivity index is 3.68. The molecule has 0 heterocycles. The highest BCUT2D eigenvalue weighted by atomic mass is 32.2. The fourth-order valence-electron chi connectivity index (χ4n) is 1.01. The van der Waals surface area contributed by atoms with Gasteiger partial charge in [0.1, 0.15) is 0 Å². The van der Waals surface area contributed by atoms with Gasteiger partial charge in [0.15, 0.2) is 0 Å². The zero-order valence-corrected chi connectivity index (χ0v) is 9.11. The first kappa shape index (κ1) is 11.9. The summed E-state index contributed by atoms with van der Waals surface area (Å²) in [6.45, 7) is 6.16. The van der Waals surface area contributed by atoms with Gasteiger partial charge in [-0.2, -0.15) is 0 Å². The second kappa shape index (κ2) is 4.82. The highest BCUT2D eigenvalue weighted by Crippen LogP contribution is 2.06. The van der Waals surface area contributed by atoms with E-state index in [0.29, 0.717) is 5.92 Å². The van der Waals surface area contributed by atoms with Crippen molar-refractivity contribution in [2.45, 2.75) is 39.7 Å². The monoisotopic (exact) mass is 193 g/mol. The Hall–Kier alpha value is -0.0900. The van der Waals surface area contributed by atoms with Gasteiger partial charge in [0.2, 0.25) is 10.0 Å². The summed E-state index contributed by atoms with van der Waals surface area (Å²) >= 11 is 0. The van der Waals surface area contributed by atoms with Crippen molar-refractivity contribution in [3.05, 3.63) is 0 Å². The lowest BCUT2D eigenvalue weighted by molar-refractivity contribution is 0.487. The van der Waals surface area contributed by atoms with E-state index in [9.17, 15) is 8.42 Å². The van der Waals surface area contributed by atoms with Crippen molar-refractivity contribution in [1.29, 1.82) is 0 Å². The fraction of sp³-hybridized carbons (Fsp3) is 1.00. The Morgan fingerprint density at radius 1 is 1.17 bits per heavy atom. The van der Waals surface area contributed by atoms with E-state index >= 15 is 0 Å². The van der Waals surface area contributed by atoms with Crippen LogP contribution in [0, 0.1) is 5.92 Å². The van der Waals surface area contributed by atoms with Gasteiger partial charge in [0.05, 0.1) is 6.26 Å². The molecule has 3 nitrogen and oxygen atoms in total. The summed E-state index contributed by atoms with van der Waals surface area (Å²) in [5.41, 5.74) is 0. The van der Waals surface area contributed by atoms with E-state index in [0.717, 1.165) is 12.8 Å². The molecule has 0 saturated heterocycles. The lowest BCUT2D eigenvalue weighted by atomic mass is 10.1. The third-order valence-corrected chi connectivity index (χ3v) is 2.42. The van der Waals surface area contributed by atoms with Crippen molar-refractivity contribution in [3.63, 3.8) is 0 Å². The number of sulfonamides is 1. The van der Waals surface area contributed by atoms with Gasteiger partial charge in [-0.3, -0.25) is 0 Å². The second-order valence-electron chi connectivity index (χ2n) is 3.76. The van der Waals surface area contributed by atoms with Crippen molar-refractivity contribution in [2.24, 2.45) is 5.92 Å². The average molecular weight is 193 g/mol. The summed E-state index contributed by atoms with van der Waals surface area (Å²) in [7, 11) is -3.02. The first-order chi connectivity index (χ1) is 5.31. The molecule has 4 heteroatoms. The van der Waals surface area contributed by atoms with Gasteiger partial charge in [-0.15, -0.1) is 0 Å². The minimum atomic E-state index is -3.02. The molecule has 0 aliphatic rings. The third-order valence-electron chi connectivity index (χ3n) is 1.59. The molecule has 0 rings (SSSR count). The van der Waals surface area contributed by atoms with Crippen molar-refractivity contribution >= 4 is 10.0 Å². The van der Waals surface area contributed by atoms with Crippen LogP contribution >= 0.6 is 0 Å². The van der Waals surface area contributed by atoms with Crippen LogP contribution in [0.3, 0.4) is 0 Å². The molecule has 0 radical (unpaired) electrons. The quantitative estimate of drug-likeness (QED) is 0.716. The molecule has 0 bridgehead atoms. The molecule has 0 aromatic heterocycles. The molecule has 12 heavy (non-hydrogen) atoms. The maximum Gasteiger partial charge on any atom is 0.208 e. The maximum atomic E-state index is 10.8. The van der Waals surface area contributed by atoms with Crippen LogP contribution in [0.25, 0.3) is 0 Å². The average Bonchev–Trinajstić information content (AvgIpc) is 1.79. The molecule has 0 aliphatic heterocycles. The van der Waals surface area contributed by atoms with Crippen LogP contribution in [0.2, 0.25) is 0 Å². The number of nitrogens with one attached hydrogen (secondary N) is 1. The molecule has 0 spiro atoms. The Bertz CT molecular complexity index is 209. The molecule has 0 aromatic rings. The Labute approximate surface area is 75.6 Å². The van der Waals surface area contributed by atoms with E-state index in [1.807, 2.05) is 6.92 Å². The summed E-state index contributed by atoms with van der Waals surface area (Å²) in [5, 5.41) is 0. The number of hydrogen-bond donors (Lipinski definition) is 1. The summed E-state index contributed by atoms with van der Waals surface area (Å²) < 4.78 is 24.1. The van der Waals surface area contributed by atoms with Gasteiger partial charge < -0.3 is 0 Å². The Kier molecular flexibility index (Phi) is 4.78. The fourth-order valence-corrected chi connectivity index (χ4v) is 1.86. The summed E-state index contributed by atoms with van der Waals surface area (Å²) in [6, 6.07) is 0.0578. The lowest BCUT2D eigenvalue weighted by Gasteiger charge is -2.12. The summed E-state index contributed by atoms with van der Waals surface area (Å²) in [6.07, 6.45) is 3.16. The van der Waals surface area contributed by atoms with Crippen LogP contribution in [0.5, 0.6) is 0 Å². The maximum absolute atomic E-state index is 10.8. The Morgan fingerprint density at radius 3 is 2.00 bits per heavy atom. The van der Waals surface area contributed by atoms with Crippen LogP contribution in [0.4, 0.5) is 0 Å². The minimum Gasteiger partial charge on any atom is -0.213 e. The topological polar surface area (TPSA) is 46.2 Å². The molecule has 0 amide bonds. The van der Waals surface area contributed by atoms with Gasteiger partial charge in [-0.05, 0) is 25.7 Å². The lowest BCUT2D eigenvalue weighted by Crippen LogP contribution is -2.31. The van der Waals surface area contributed by atoms with Gasteiger partial charge in [-0.1, -0.05) is 13.8 Å². The van der Waals surface area contributed by atoms with E-state index < -0.39 is 10.0 Å². The SMILES string of the molecule is CC(C)CCC(C)NS(C)(=O)=O. The van der Waals surface area contributed by atoms with Gasteiger partial charge >= 0.3 is 0 Å². The van der Waals surface area contributed by atoms with E-state index in [-0.39, 0.29) is 6.04 Å². The standard InChI is InChI=1S/C8H19NO2S/c1-7(2)5-6-8(3)9-12(4,10)11/h7-9H,5-6H2,1-4H3. The van der Waals surface area contributed by atoms with Crippen LogP contribution in [-0.2, 0) is 10.0 Å². The van der Waals surface area contributed by atoms with E-state index in [1.54, 1.807) is 0 Å². The predicted octanol–water partition coefficient (Wildman–Crippen LogP) is 1.36. The molecule has 0 saturated carbocycles. The first-order valence-electron chi connectivity index (χ1n) is 4.28. The highest BCUT2D eigenvalue weighted by molar-refractivity contribution is 7.88. The molecule has 74 valence electrons. The first-order valence-corrected chi connectivity index (χ1v) is 6.17. The van der Waals surface area contributed by atoms with Crippen LogP contribution in [0.1, 0.15) is 33.6 Å². The number of rotatable bonds is 5. The van der Waals surface area contributed by atoms with E-state index in [2.05, 4.69) is 18.6 Å². The van der Waals surface area contributed by atoms with Crippen molar-refractivity contribution in [1.82, 2.24) is 4.72 Å². The van der Waals surface area contributed by atoms with Gasteiger partial charge in [0.25, 0.3) is 0 Å². The third kappa shape index (κ3) is 8.01. The second-order valence-corrected chi connectivity index (χ2v) is 5.54. The Morgan fingerprint density at radius 2 is 1.67 bits per heavy atom. The minimum absolute atomic E-state index is 0.0578. The molecule has 1 atom stereocenters. The van der Waals surface area contributed by atoms with Gasteiger partial charge in [0, 0.05) is 6.04 Å². The van der Waals surface area contributed by atoms with E-state index in [4.69, 9.17) is 0 Å². The largest absolute Gasteiger partial charge is 0.213 e.